The Morgan fingerprint density at radius 1 is 0.881 bits per heavy atom. The van der Waals surface area contributed by atoms with Gasteiger partial charge >= 0.3 is 0 Å². The van der Waals surface area contributed by atoms with Gasteiger partial charge in [-0.1, -0.05) is 25.1 Å². The van der Waals surface area contributed by atoms with Gasteiger partial charge in [0.2, 0.25) is 5.91 Å². The first-order valence-electron chi connectivity index (χ1n) is 23.4. The summed E-state index contributed by atoms with van der Waals surface area (Å²) >= 11 is 0. The molecule has 2 aromatic carbocycles. The minimum absolute atomic E-state index is 0.0492. The molecule has 3 atom stereocenters. The molecule has 0 bridgehead atoms. The molecule has 17 heteroatoms. The molecule has 1 aliphatic carbocycles. The number of likely N-dealkylation sites (N-methyl/N-ethyl adjacent to an activating group) is 2. The summed E-state index contributed by atoms with van der Waals surface area (Å²) in [5.74, 6) is 3.79. The second-order valence-corrected chi connectivity index (χ2v) is 17.3. The molecule has 3 aromatic heterocycles. The number of ether oxygens (including phenoxy) is 2. The van der Waals surface area contributed by atoms with Crippen molar-refractivity contribution in [1.82, 2.24) is 45.2 Å². The number of hydrogen-bond donors (Lipinski definition) is 5. The first kappa shape index (κ1) is 48.5. The number of aliphatic hydroxyl groups excluding tert-OH is 2. The second-order valence-electron chi connectivity index (χ2n) is 17.3. The van der Waals surface area contributed by atoms with Crippen LogP contribution in [-0.4, -0.2) is 137 Å². The Bertz CT molecular complexity index is 2510. The van der Waals surface area contributed by atoms with Crippen molar-refractivity contribution in [3.05, 3.63) is 84.3 Å². The van der Waals surface area contributed by atoms with Crippen LogP contribution in [0, 0.1) is 11.3 Å². The number of aromatic nitrogens is 6. The topological polar surface area (TPSA) is 212 Å². The van der Waals surface area contributed by atoms with Gasteiger partial charge in [-0.25, -0.2) is 19.9 Å². The van der Waals surface area contributed by atoms with Crippen LogP contribution in [0.25, 0.3) is 39.6 Å². The van der Waals surface area contributed by atoms with E-state index in [2.05, 4.69) is 41.1 Å². The van der Waals surface area contributed by atoms with Crippen molar-refractivity contribution in [3.8, 4) is 51.6 Å². The predicted molar refractivity (Wildman–Crippen MR) is 260 cm³/mol. The molecule has 0 spiro atoms. The van der Waals surface area contributed by atoms with Crippen LogP contribution in [0.4, 0.5) is 11.6 Å². The molecule has 0 saturated carbocycles. The summed E-state index contributed by atoms with van der Waals surface area (Å²) in [5, 5.41) is 44.4. The molecule has 354 valence electrons. The molecule has 1 aliphatic heterocycles. The highest BCUT2D eigenvalue weighted by Gasteiger charge is 2.21. The van der Waals surface area contributed by atoms with E-state index < -0.39 is 12.2 Å². The Hall–Kier alpha value is -6.45. The van der Waals surface area contributed by atoms with Crippen LogP contribution in [-0.2, 0) is 11.3 Å². The van der Waals surface area contributed by atoms with E-state index in [1.54, 1.807) is 20.3 Å². The molecule has 17 nitrogen and oxygen atoms in total. The molecule has 4 heterocycles. The first-order chi connectivity index (χ1) is 32.6. The third kappa shape index (κ3) is 13.6. The number of amides is 1. The van der Waals surface area contributed by atoms with Gasteiger partial charge in [0.05, 0.1) is 30.1 Å². The fourth-order valence-electron chi connectivity index (χ4n) is 8.20. The summed E-state index contributed by atoms with van der Waals surface area (Å²) in [7, 11) is 5.47. The van der Waals surface area contributed by atoms with Crippen molar-refractivity contribution in [2.75, 3.05) is 83.8 Å². The number of rotatable bonds is 25. The zero-order valence-corrected chi connectivity index (χ0v) is 39.1. The fourth-order valence-corrected chi connectivity index (χ4v) is 8.20. The number of carbonyl (C=O) groups excluding carboxylic acids is 1. The standard InChI is InChI=1S/C50H64N12O5/c1-34(30-62-31-39(27-55-62)45-26-47(60(4)18-9-16-51)59-49(57-45)36-13-7-14-42(22-36)66-32-40(63)28-52-2)37-21-38(24-43(23-37)67-33-41(64)29-53-3)50-56-44(35-11-5-6-12-35)25-46(58-50)54-17-10-20-61-19-8-15-48(61)65/h7,11,13-14,21-27,31,34,40-41,52-53,63-64H,5-6,8-10,12,15,17-20,28-30,32-33H2,1-4H3,(H,54,56,58). The SMILES string of the molecule is CNCC(O)COc1cccc(-c2nc(-c3cnn(CC(C)c4cc(OCC(O)CNC)cc(-c5nc(NCCCN6CCCC6=O)cc(C6=CCCC6)n5)c4)c3)cc(N(C)CCC#N)n2)c1. The Morgan fingerprint density at radius 2 is 1.64 bits per heavy atom. The Morgan fingerprint density at radius 3 is 2.37 bits per heavy atom. The highest BCUT2D eigenvalue weighted by molar-refractivity contribution is 5.78. The number of allylic oxidation sites excluding steroid dienone is 2. The highest BCUT2D eigenvalue weighted by Crippen LogP contribution is 2.34. The van der Waals surface area contributed by atoms with Gasteiger partial charge in [0.1, 0.15) is 48.6 Å². The normalized spacial score (nSPS) is 15.0. The van der Waals surface area contributed by atoms with E-state index in [0.717, 1.165) is 79.0 Å². The van der Waals surface area contributed by atoms with Crippen LogP contribution in [0.2, 0.25) is 0 Å². The number of anilines is 2. The molecule has 0 radical (unpaired) electrons. The van der Waals surface area contributed by atoms with Gasteiger partial charge < -0.3 is 45.4 Å². The van der Waals surface area contributed by atoms with Gasteiger partial charge in [-0.3, -0.25) is 9.48 Å². The third-order valence-corrected chi connectivity index (χ3v) is 11.8. The van der Waals surface area contributed by atoms with Gasteiger partial charge in [0.25, 0.3) is 0 Å². The van der Waals surface area contributed by atoms with Crippen molar-refractivity contribution in [2.45, 2.75) is 76.5 Å². The van der Waals surface area contributed by atoms with Crippen molar-refractivity contribution in [2.24, 2.45) is 0 Å². The lowest BCUT2D eigenvalue weighted by Gasteiger charge is -2.18. The number of aliphatic hydroxyl groups is 2. The number of carbonyl (C=O) groups is 1. The van der Waals surface area contributed by atoms with E-state index in [-0.39, 0.29) is 25.0 Å². The summed E-state index contributed by atoms with van der Waals surface area (Å²) in [6.45, 7) is 6.39. The van der Waals surface area contributed by atoms with Gasteiger partial charge in [-0.2, -0.15) is 10.4 Å². The van der Waals surface area contributed by atoms with Gasteiger partial charge in [0.15, 0.2) is 11.6 Å². The molecule has 5 N–H and O–H groups in total. The fraction of sp³-hybridized carbons (Fsp3) is 0.460. The van der Waals surface area contributed by atoms with Crippen LogP contribution < -0.4 is 30.3 Å². The second kappa shape index (κ2) is 23.8. The maximum atomic E-state index is 12.2. The minimum Gasteiger partial charge on any atom is -0.491 e. The van der Waals surface area contributed by atoms with Gasteiger partial charge in [-0.15, -0.1) is 0 Å². The summed E-state index contributed by atoms with van der Waals surface area (Å²) in [6, 6.07) is 19.7. The predicted octanol–water partition coefficient (Wildman–Crippen LogP) is 5.53. The molecule has 1 saturated heterocycles. The first-order valence-corrected chi connectivity index (χ1v) is 23.4. The van der Waals surface area contributed by atoms with E-state index in [0.29, 0.717) is 80.2 Å². The number of nitrogens with one attached hydrogen (secondary N) is 3. The van der Waals surface area contributed by atoms with Crippen LogP contribution in [0.5, 0.6) is 11.5 Å². The molecule has 1 fully saturated rings. The average Bonchev–Trinajstić information content (AvgIpc) is 4.15. The quantitative estimate of drug-likeness (QED) is 0.0456. The molecule has 1 amide bonds. The molecule has 3 unspecified atom stereocenters. The number of nitrogens with zero attached hydrogens (tertiary/aromatic N) is 9. The molecule has 2 aliphatic rings. The zero-order chi connectivity index (χ0) is 47.1. The van der Waals surface area contributed by atoms with E-state index in [1.807, 2.05) is 76.3 Å². The lowest BCUT2D eigenvalue weighted by Crippen LogP contribution is -2.29. The van der Waals surface area contributed by atoms with Crippen LogP contribution in [0.15, 0.2) is 73.1 Å². The molecule has 5 aromatic rings. The number of nitriles is 1. The summed E-state index contributed by atoms with van der Waals surface area (Å²) in [5.41, 5.74) is 6.07. The highest BCUT2D eigenvalue weighted by atomic mass is 16.5. The summed E-state index contributed by atoms with van der Waals surface area (Å²) in [4.78, 5) is 36.1. The van der Waals surface area contributed by atoms with Crippen molar-refractivity contribution in [1.29, 1.82) is 5.26 Å². The van der Waals surface area contributed by atoms with Crippen LogP contribution >= 0.6 is 0 Å². The van der Waals surface area contributed by atoms with Crippen LogP contribution in [0.1, 0.15) is 69.0 Å². The zero-order valence-electron chi connectivity index (χ0n) is 39.1. The number of benzene rings is 2. The van der Waals surface area contributed by atoms with Crippen LogP contribution in [0.3, 0.4) is 0 Å². The Labute approximate surface area is 393 Å². The van der Waals surface area contributed by atoms with E-state index >= 15 is 0 Å². The Kier molecular flexibility index (Phi) is 17.2. The lowest BCUT2D eigenvalue weighted by molar-refractivity contribution is -0.127. The Balaban J connectivity index is 1.15. The van der Waals surface area contributed by atoms with Crippen molar-refractivity contribution in [3.63, 3.8) is 0 Å². The maximum absolute atomic E-state index is 12.2. The van der Waals surface area contributed by atoms with Crippen molar-refractivity contribution < 1.29 is 24.5 Å². The summed E-state index contributed by atoms with van der Waals surface area (Å²) < 4.78 is 14.0. The number of hydrogen-bond acceptors (Lipinski definition) is 15. The third-order valence-electron chi connectivity index (χ3n) is 11.8. The smallest absolute Gasteiger partial charge is 0.222 e. The summed E-state index contributed by atoms with van der Waals surface area (Å²) in [6.07, 6.45) is 10.4. The molecule has 7 rings (SSSR count). The monoisotopic (exact) mass is 913 g/mol. The van der Waals surface area contributed by atoms with Gasteiger partial charge in [0, 0.05) is 100 Å². The van der Waals surface area contributed by atoms with Gasteiger partial charge in [-0.05, 0) is 87.7 Å². The number of likely N-dealkylation sites (tertiary alicyclic amines) is 1. The molecule has 67 heavy (non-hydrogen) atoms. The average molecular weight is 913 g/mol. The molecular formula is C50H64N12O5. The van der Waals surface area contributed by atoms with E-state index in [4.69, 9.17) is 34.5 Å². The van der Waals surface area contributed by atoms with E-state index in [9.17, 15) is 20.3 Å². The minimum atomic E-state index is -0.703. The molecular weight excluding hydrogens is 849 g/mol. The van der Waals surface area contributed by atoms with Crippen molar-refractivity contribution >= 4 is 23.1 Å². The lowest BCUT2D eigenvalue weighted by atomic mass is 9.98. The largest absolute Gasteiger partial charge is 0.491 e. The maximum Gasteiger partial charge on any atom is 0.222 e. The van der Waals surface area contributed by atoms with E-state index in [1.165, 1.54) is 5.57 Å².